The molecule has 0 unspecified atom stereocenters. The van der Waals surface area contributed by atoms with Crippen LogP contribution < -0.4 is 10.6 Å². The van der Waals surface area contributed by atoms with Gasteiger partial charge in [0.2, 0.25) is 5.91 Å². The first kappa shape index (κ1) is 14.1. The minimum Gasteiger partial charge on any atom is -0.369 e. The number of rotatable bonds is 7. The van der Waals surface area contributed by atoms with E-state index in [2.05, 4.69) is 27.5 Å². The Labute approximate surface area is 118 Å². The lowest BCUT2D eigenvalue weighted by molar-refractivity contribution is -0.120. The molecular formula is C13H19ClN4O. The lowest BCUT2D eigenvalue weighted by atomic mass is 10.2. The molecule has 1 saturated carbocycles. The maximum atomic E-state index is 11.6. The second kappa shape index (κ2) is 6.70. The van der Waals surface area contributed by atoms with Gasteiger partial charge in [-0.2, -0.15) is 0 Å². The molecule has 1 aliphatic carbocycles. The fraction of sp³-hybridized carbons (Fsp3) is 0.615. The van der Waals surface area contributed by atoms with E-state index in [9.17, 15) is 4.79 Å². The number of hydrogen-bond donors (Lipinski definition) is 2. The van der Waals surface area contributed by atoms with Crippen molar-refractivity contribution in [3.8, 4) is 0 Å². The molecule has 0 saturated heterocycles. The van der Waals surface area contributed by atoms with Crippen molar-refractivity contribution in [2.45, 2.75) is 45.1 Å². The van der Waals surface area contributed by atoms with Crippen LogP contribution >= 0.6 is 11.6 Å². The molecule has 0 bridgehead atoms. The van der Waals surface area contributed by atoms with Gasteiger partial charge in [-0.25, -0.2) is 9.97 Å². The molecule has 0 atom stereocenters. The molecule has 1 aliphatic rings. The lowest BCUT2D eigenvalue weighted by Gasteiger charge is -2.11. The molecule has 0 spiro atoms. The molecule has 104 valence electrons. The van der Waals surface area contributed by atoms with Crippen LogP contribution in [0.2, 0.25) is 5.15 Å². The fourth-order valence-corrected chi connectivity index (χ4v) is 2.06. The molecular weight excluding hydrogens is 264 g/mol. The third-order valence-electron chi connectivity index (χ3n) is 2.98. The molecule has 2 N–H and O–H groups in total. The number of hydrogen-bond acceptors (Lipinski definition) is 4. The summed E-state index contributed by atoms with van der Waals surface area (Å²) in [7, 11) is 0. The fourth-order valence-electron chi connectivity index (χ4n) is 1.84. The van der Waals surface area contributed by atoms with Gasteiger partial charge < -0.3 is 10.6 Å². The van der Waals surface area contributed by atoms with Crippen LogP contribution in [-0.2, 0) is 11.2 Å². The highest BCUT2D eigenvalue weighted by atomic mass is 35.5. The summed E-state index contributed by atoms with van der Waals surface area (Å²) < 4.78 is 0. The number of halogens is 1. The minimum absolute atomic E-state index is 0.0900. The number of carbonyl (C=O) groups is 1. The van der Waals surface area contributed by atoms with Crippen molar-refractivity contribution in [2.24, 2.45) is 0 Å². The Morgan fingerprint density at radius 1 is 1.47 bits per heavy atom. The highest BCUT2D eigenvalue weighted by Gasteiger charge is 2.22. The maximum Gasteiger partial charge on any atom is 0.221 e. The van der Waals surface area contributed by atoms with Crippen molar-refractivity contribution >= 4 is 23.3 Å². The van der Waals surface area contributed by atoms with Crippen LogP contribution in [0.3, 0.4) is 0 Å². The van der Waals surface area contributed by atoms with Gasteiger partial charge in [-0.3, -0.25) is 4.79 Å². The molecule has 1 amide bonds. The smallest absolute Gasteiger partial charge is 0.221 e. The average Bonchev–Trinajstić information content (AvgIpc) is 3.17. The Bertz CT molecular complexity index is 448. The zero-order valence-corrected chi connectivity index (χ0v) is 11.8. The van der Waals surface area contributed by atoms with Gasteiger partial charge in [0.25, 0.3) is 0 Å². The Balaban J connectivity index is 1.84. The first-order chi connectivity index (χ1) is 9.20. The van der Waals surface area contributed by atoms with E-state index in [1.54, 1.807) is 0 Å². The van der Waals surface area contributed by atoms with E-state index in [1.165, 1.54) is 6.33 Å². The van der Waals surface area contributed by atoms with Gasteiger partial charge in [0.05, 0.1) is 0 Å². The highest BCUT2D eigenvalue weighted by molar-refractivity contribution is 6.30. The molecule has 1 aromatic heterocycles. The predicted octanol–water partition coefficient (Wildman–Crippen LogP) is 2.16. The monoisotopic (exact) mass is 282 g/mol. The van der Waals surface area contributed by atoms with Crippen LogP contribution in [-0.4, -0.2) is 28.5 Å². The number of amides is 1. The van der Waals surface area contributed by atoms with Crippen molar-refractivity contribution in [3.63, 3.8) is 0 Å². The summed E-state index contributed by atoms with van der Waals surface area (Å²) in [6.45, 7) is 2.64. The third kappa shape index (κ3) is 4.35. The van der Waals surface area contributed by atoms with Gasteiger partial charge in [0.15, 0.2) is 0 Å². The standard InChI is InChI=1S/C13H19ClN4O/c1-2-3-10-12(14)16-8-17-13(10)15-7-6-11(19)18-9-4-5-9/h8-9H,2-7H2,1H3,(H,18,19)(H,15,16,17). The molecule has 1 aromatic rings. The SMILES string of the molecule is CCCc1c(Cl)ncnc1NCCC(=O)NC1CC1. The van der Waals surface area contributed by atoms with Crippen LogP contribution in [0.5, 0.6) is 0 Å². The molecule has 1 heterocycles. The first-order valence-electron chi connectivity index (χ1n) is 6.73. The van der Waals surface area contributed by atoms with Gasteiger partial charge in [-0.05, 0) is 19.3 Å². The van der Waals surface area contributed by atoms with E-state index in [-0.39, 0.29) is 5.91 Å². The van der Waals surface area contributed by atoms with E-state index in [0.29, 0.717) is 24.2 Å². The lowest BCUT2D eigenvalue weighted by Crippen LogP contribution is -2.27. The molecule has 1 fully saturated rings. The van der Waals surface area contributed by atoms with E-state index >= 15 is 0 Å². The van der Waals surface area contributed by atoms with Crippen molar-refractivity contribution in [1.82, 2.24) is 15.3 Å². The topological polar surface area (TPSA) is 66.9 Å². The molecule has 0 aromatic carbocycles. The van der Waals surface area contributed by atoms with E-state index in [0.717, 1.165) is 37.1 Å². The molecule has 2 rings (SSSR count). The predicted molar refractivity (Wildman–Crippen MR) is 75.3 cm³/mol. The summed E-state index contributed by atoms with van der Waals surface area (Å²) in [5.74, 6) is 0.827. The van der Waals surface area contributed by atoms with E-state index in [4.69, 9.17) is 11.6 Å². The number of nitrogens with zero attached hydrogens (tertiary/aromatic N) is 2. The quantitative estimate of drug-likeness (QED) is 0.752. The van der Waals surface area contributed by atoms with Crippen LogP contribution in [0.4, 0.5) is 5.82 Å². The summed E-state index contributed by atoms with van der Waals surface area (Å²) in [5.41, 5.74) is 0.925. The van der Waals surface area contributed by atoms with Gasteiger partial charge in [0, 0.05) is 24.6 Å². The van der Waals surface area contributed by atoms with Crippen LogP contribution in [0.25, 0.3) is 0 Å². The zero-order valence-electron chi connectivity index (χ0n) is 11.1. The van der Waals surface area contributed by atoms with Crippen molar-refractivity contribution in [3.05, 3.63) is 17.0 Å². The van der Waals surface area contributed by atoms with Crippen LogP contribution in [0, 0.1) is 0 Å². The first-order valence-corrected chi connectivity index (χ1v) is 7.11. The van der Waals surface area contributed by atoms with E-state index in [1.807, 2.05) is 0 Å². The summed E-state index contributed by atoms with van der Waals surface area (Å²) in [4.78, 5) is 19.7. The van der Waals surface area contributed by atoms with Crippen molar-refractivity contribution in [2.75, 3.05) is 11.9 Å². The summed E-state index contributed by atoms with van der Waals surface area (Å²) in [6.07, 6.45) is 5.92. The second-order valence-corrected chi connectivity index (χ2v) is 5.12. The minimum atomic E-state index is 0.0900. The largest absolute Gasteiger partial charge is 0.369 e. The molecule has 5 nitrogen and oxygen atoms in total. The summed E-state index contributed by atoms with van der Waals surface area (Å²) in [5, 5.41) is 6.61. The van der Waals surface area contributed by atoms with Gasteiger partial charge in [-0.1, -0.05) is 24.9 Å². The number of nitrogens with one attached hydrogen (secondary N) is 2. The Morgan fingerprint density at radius 2 is 2.26 bits per heavy atom. The molecule has 0 radical (unpaired) electrons. The van der Waals surface area contributed by atoms with Gasteiger partial charge >= 0.3 is 0 Å². The Kier molecular flexibility index (Phi) is 4.96. The number of aromatic nitrogens is 2. The van der Waals surface area contributed by atoms with E-state index < -0.39 is 0 Å². The zero-order chi connectivity index (χ0) is 13.7. The van der Waals surface area contributed by atoms with Crippen LogP contribution in [0.15, 0.2) is 6.33 Å². The van der Waals surface area contributed by atoms with Gasteiger partial charge in [-0.15, -0.1) is 0 Å². The Hall–Kier alpha value is -1.36. The van der Waals surface area contributed by atoms with Crippen LogP contribution in [0.1, 0.15) is 38.2 Å². The second-order valence-electron chi connectivity index (χ2n) is 4.76. The molecule has 6 heteroatoms. The number of carbonyl (C=O) groups excluding carboxylic acids is 1. The van der Waals surface area contributed by atoms with Crippen molar-refractivity contribution < 1.29 is 4.79 Å². The maximum absolute atomic E-state index is 11.6. The average molecular weight is 283 g/mol. The molecule has 19 heavy (non-hydrogen) atoms. The third-order valence-corrected chi connectivity index (χ3v) is 3.31. The Morgan fingerprint density at radius 3 is 2.95 bits per heavy atom. The highest BCUT2D eigenvalue weighted by Crippen LogP contribution is 2.21. The van der Waals surface area contributed by atoms with Crippen molar-refractivity contribution in [1.29, 1.82) is 0 Å². The normalized spacial score (nSPS) is 14.2. The summed E-state index contributed by atoms with van der Waals surface area (Å²) in [6, 6.07) is 0.414. The number of anilines is 1. The summed E-state index contributed by atoms with van der Waals surface area (Å²) >= 11 is 6.06. The molecule has 0 aliphatic heterocycles. The van der Waals surface area contributed by atoms with Gasteiger partial charge in [0.1, 0.15) is 17.3 Å².